The summed E-state index contributed by atoms with van der Waals surface area (Å²) in [5.74, 6) is -0.0640. The van der Waals surface area contributed by atoms with Gasteiger partial charge in [0.05, 0.1) is 11.4 Å². The molecule has 0 aliphatic rings. The molecule has 0 atom stereocenters. The average Bonchev–Trinajstić information content (AvgIpc) is 2.19. The number of alkyl halides is 3. The topological polar surface area (TPSA) is 85.1 Å². The van der Waals surface area contributed by atoms with Gasteiger partial charge in [-0.15, -0.1) is 0 Å². The molecule has 0 spiro atoms. The van der Waals surface area contributed by atoms with Gasteiger partial charge in [0.2, 0.25) is 10.0 Å². The third kappa shape index (κ3) is 4.31. The van der Waals surface area contributed by atoms with Crippen molar-refractivity contribution in [1.82, 2.24) is 9.71 Å². The SMILES string of the molecule is Nc1ncc(S(=O)(=O)NCCC(F)(F)F)cc1Cl. The molecule has 3 N–H and O–H groups in total. The highest BCUT2D eigenvalue weighted by atomic mass is 35.5. The Morgan fingerprint density at radius 1 is 1.44 bits per heavy atom. The van der Waals surface area contributed by atoms with E-state index in [1.807, 2.05) is 0 Å². The van der Waals surface area contributed by atoms with Crippen LogP contribution in [0.1, 0.15) is 6.42 Å². The first-order chi connectivity index (χ1) is 8.12. The van der Waals surface area contributed by atoms with Gasteiger partial charge in [-0.2, -0.15) is 13.2 Å². The van der Waals surface area contributed by atoms with Gasteiger partial charge in [-0.1, -0.05) is 11.6 Å². The number of nitrogens with one attached hydrogen (secondary N) is 1. The molecule has 0 saturated heterocycles. The summed E-state index contributed by atoms with van der Waals surface area (Å²) in [6.07, 6.45) is -4.78. The van der Waals surface area contributed by atoms with Gasteiger partial charge in [0.25, 0.3) is 0 Å². The second-order valence-electron chi connectivity index (χ2n) is 3.30. The number of halogens is 4. The number of rotatable bonds is 4. The van der Waals surface area contributed by atoms with Crippen LogP contribution in [-0.2, 0) is 10.0 Å². The maximum atomic E-state index is 11.9. The second-order valence-corrected chi connectivity index (χ2v) is 5.48. The van der Waals surface area contributed by atoms with E-state index >= 15 is 0 Å². The normalized spacial score (nSPS) is 12.7. The van der Waals surface area contributed by atoms with E-state index in [-0.39, 0.29) is 15.7 Å². The smallest absolute Gasteiger partial charge is 0.382 e. The van der Waals surface area contributed by atoms with E-state index in [9.17, 15) is 21.6 Å². The molecule has 1 heterocycles. The van der Waals surface area contributed by atoms with Crippen LogP contribution >= 0.6 is 11.6 Å². The van der Waals surface area contributed by atoms with Crippen LogP contribution in [0.15, 0.2) is 17.2 Å². The van der Waals surface area contributed by atoms with Gasteiger partial charge in [0.15, 0.2) is 0 Å². The number of nitrogens with zero attached hydrogens (tertiary/aromatic N) is 1. The van der Waals surface area contributed by atoms with E-state index in [0.717, 1.165) is 12.3 Å². The molecule has 0 fully saturated rings. The Bertz CT molecular complexity index is 533. The third-order valence-electron chi connectivity index (χ3n) is 1.86. The van der Waals surface area contributed by atoms with Crippen LogP contribution in [0.3, 0.4) is 0 Å². The van der Waals surface area contributed by atoms with E-state index in [2.05, 4.69) is 4.98 Å². The monoisotopic (exact) mass is 303 g/mol. The van der Waals surface area contributed by atoms with E-state index < -0.39 is 29.2 Å². The summed E-state index contributed by atoms with van der Waals surface area (Å²) < 4.78 is 60.5. The highest BCUT2D eigenvalue weighted by Gasteiger charge is 2.27. The highest BCUT2D eigenvalue weighted by Crippen LogP contribution is 2.21. The molecule has 0 aliphatic carbocycles. The van der Waals surface area contributed by atoms with Crippen molar-refractivity contribution in [2.45, 2.75) is 17.5 Å². The first-order valence-corrected chi connectivity index (χ1v) is 6.45. The lowest BCUT2D eigenvalue weighted by atomic mass is 10.4. The van der Waals surface area contributed by atoms with Gasteiger partial charge in [0, 0.05) is 12.7 Å². The largest absolute Gasteiger partial charge is 0.390 e. The van der Waals surface area contributed by atoms with Gasteiger partial charge in [-0.25, -0.2) is 18.1 Å². The Hall–Kier alpha value is -1.06. The first kappa shape index (κ1) is 15.0. The van der Waals surface area contributed by atoms with E-state index in [1.165, 1.54) is 0 Å². The third-order valence-corrected chi connectivity index (χ3v) is 3.59. The van der Waals surface area contributed by atoms with Gasteiger partial charge >= 0.3 is 6.18 Å². The zero-order valence-corrected chi connectivity index (χ0v) is 10.4. The predicted molar refractivity (Wildman–Crippen MR) is 59.5 cm³/mol. The average molecular weight is 304 g/mol. The van der Waals surface area contributed by atoms with Crippen molar-refractivity contribution in [3.05, 3.63) is 17.3 Å². The summed E-state index contributed by atoms with van der Waals surface area (Å²) in [5, 5.41) is -0.0892. The minimum Gasteiger partial charge on any atom is -0.382 e. The molecule has 10 heteroatoms. The minimum absolute atomic E-state index is 0.0640. The van der Waals surface area contributed by atoms with Crippen molar-refractivity contribution in [3.63, 3.8) is 0 Å². The van der Waals surface area contributed by atoms with E-state index in [4.69, 9.17) is 17.3 Å². The number of anilines is 1. The summed E-state index contributed by atoms with van der Waals surface area (Å²) >= 11 is 5.57. The highest BCUT2D eigenvalue weighted by molar-refractivity contribution is 7.89. The van der Waals surface area contributed by atoms with Crippen LogP contribution in [0.25, 0.3) is 0 Å². The zero-order chi connectivity index (χ0) is 14.0. The molecule has 18 heavy (non-hydrogen) atoms. The Kier molecular flexibility index (Phi) is 4.41. The number of nitrogens with two attached hydrogens (primary N) is 1. The maximum Gasteiger partial charge on any atom is 0.390 e. The second kappa shape index (κ2) is 5.29. The van der Waals surface area contributed by atoms with E-state index in [1.54, 1.807) is 4.72 Å². The van der Waals surface area contributed by atoms with Gasteiger partial charge in [0.1, 0.15) is 10.7 Å². The molecule has 5 nitrogen and oxygen atoms in total. The van der Waals surface area contributed by atoms with Gasteiger partial charge in [-0.3, -0.25) is 0 Å². The molecule has 102 valence electrons. The fourth-order valence-corrected chi connectivity index (χ4v) is 2.22. The number of hydrogen-bond donors (Lipinski definition) is 2. The molecular weight excluding hydrogens is 295 g/mol. The van der Waals surface area contributed by atoms with Gasteiger partial charge < -0.3 is 5.73 Å². The zero-order valence-electron chi connectivity index (χ0n) is 8.83. The molecule has 0 aliphatic heterocycles. The Labute approximate surface area is 106 Å². The molecule has 0 radical (unpaired) electrons. The quantitative estimate of drug-likeness (QED) is 0.883. The van der Waals surface area contributed by atoms with Crippen molar-refractivity contribution in [3.8, 4) is 0 Å². The number of sulfonamides is 1. The van der Waals surface area contributed by atoms with Crippen LogP contribution in [0, 0.1) is 0 Å². The van der Waals surface area contributed by atoms with Crippen LogP contribution in [0.2, 0.25) is 5.02 Å². The van der Waals surface area contributed by atoms with Gasteiger partial charge in [-0.05, 0) is 6.07 Å². The van der Waals surface area contributed by atoms with E-state index in [0.29, 0.717) is 0 Å². The van der Waals surface area contributed by atoms with Crippen molar-refractivity contribution in [2.75, 3.05) is 12.3 Å². The summed E-state index contributed by atoms with van der Waals surface area (Å²) in [5.41, 5.74) is 5.28. The maximum absolute atomic E-state index is 11.9. The number of hydrogen-bond acceptors (Lipinski definition) is 4. The summed E-state index contributed by atoms with van der Waals surface area (Å²) in [6.45, 7) is -0.756. The van der Waals surface area contributed by atoms with Crippen LogP contribution in [0.5, 0.6) is 0 Å². The lowest BCUT2D eigenvalue weighted by molar-refractivity contribution is -0.132. The number of nitrogen functional groups attached to an aromatic ring is 1. The molecular formula is C8H9ClF3N3O2S. The molecule has 0 aromatic carbocycles. The van der Waals surface area contributed by atoms with Crippen LogP contribution < -0.4 is 10.5 Å². The molecule has 0 bridgehead atoms. The number of pyridine rings is 1. The summed E-state index contributed by atoms with van der Waals surface area (Å²) in [7, 11) is -4.07. The van der Waals surface area contributed by atoms with Crippen LogP contribution in [0.4, 0.5) is 19.0 Å². The van der Waals surface area contributed by atoms with Crippen molar-refractivity contribution < 1.29 is 21.6 Å². The summed E-state index contributed by atoms with van der Waals surface area (Å²) in [4.78, 5) is 3.16. The standard InChI is InChI=1S/C8H9ClF3N3O2S/c9-6-3-5(4-14-7(6)13)18(16,17)15-2-1-8(10,11)12/h3-4,15H,1-2H2,(H2,13,14). The minimum atomic E-state index is -4.43. The molecule has 1 rings (SSSR count). The Morgan fingerprint density at radius 3 is 2.56 bits per heavy atom. The predicted octanol–water partition coefficient (Wildman–Crippen LogP) is 1.55. The van der Waals surface area contributed by atoms with Crippen molar-refractivity contribution >= 4 is 27.4 Å². The molecule has 1 aromatic rings. The molecule has 1 aromatic heterocycles. The lowest BCUT2D eigenvalue weighted by Gasteiger charge is -2.09. The lowest BCUT2D eigenvalue weighted by Crippen LogP contribution is -2.28. The molecule has 0 unspecified atom stereocenters. The summed E-state index contributed by atoms with van der Waals surface area (Å²) in [6, 6.07) is 1.01. The Balaban J connectivity index is 2.77. The fraction of sp³-hybridized carbons (Fsp3) is 0.375. The number of aromatic nitrogens is 1. The van der Waals surface area contributed by atoms with Crippen LogP contribution in [-0.4, -0.2) is 26.1 Å². The first-order valence-electron chi connectivity index (χ1n) is 4.59. The molecule has 0 amide bonds. The van der Waals surface area contributed by atoms with Crippen molar-refractivity contribution in [2.24, 2.45) is 0 Å². The molecule has 0 saturated carbocycles. The fourth-order valence-electron chi connectivity index (χ4n) is 0.988. The Morgan fingerprint density at radius 2 is 2.06 bits per heavy atom. The van der Waals surface area contributed by atoms with Crippen molar-refractivity contribution in [1.29, 1.82) is 0 Å².